The number of hydrogen-bond donors (Lipinski definition) is 2. The molecule has 134 valence electrons. The molecule has 0 fully saturated rings. The maximum absolute atomic E-state index is 5.17. The van der Waals surface area contributed by atoms with E-state index in [9.17, 15) is 0 Å². The topological polar surface area (TPSA) is 59.1 Å². The van der Waals surface area contributed by atoms with Gasteiger partial charge in [-0.1, -0.05) is 42.5 Å². The summed E-state index contributed by atoms with van der Waals surface area (Å²) < 4.78 is 5.17. The number of nitrogens with zero attached hydrogens (tertiary/aromatic N) is 2. The monoisotopic (exact) mass is 348 g/mol. The van der Waals surface area contributed by atoms with Crippen LogP contribution in [0.3, 0.4) is 0 Å². The minimum Gasteiger partial charge on any atom is -0.497 e. The van der Waals surface area contributed by atoms with Gasteiger partial charge in [-0.2, -0.15) is 4.98 Å². The first-order valence-corrected chi connectivity index (χ1v) is 8.81. The summed E-state index contributed by atoms with van der Waals surface area (Å²) in [6.45, 7) is 1.55. The summed E-state index contributed by atoms with van der Waals surface area (Å²) in [6, 6.07) is 20.4. The van der Waals surface area contributed by atoms with Crippen molar-refractivity contribution in [3.63, 3.8) is 0 Å². The Morgan fingerprint density at radius 3 is 2.46 bits per heavy atom. The predicted octanol–water partition coefficient (Wildman–Crippen LogP) is 4.14. The van der Waals surface area contributed by atoms with Gasteiger partial charge in [-0.25, -0.2) is 4.98 Å². The van der Waals surface area contributed by atoms with Crippen molar-refractivity contribution in [3.8, 4) is 5.75 Å². The Labute approximate surface area is 154 Å². The standard InChI is InChI=1S/C21H24N4O/c1-26-19-11-9-18(10-12-19)16-24-21-23-15-13-20(25-21)22-14-5-8-17-6-3-2-4-7-17/h2-4,6-7,9-13,15H,5,8,14,16H2,1H3,(H2,22,23,24,25). The highest BCUT2D eigenvalue weighted by molar-refractivity contribution is 5.40. The van der Waals surface area contributed by atoms with Gasteiger partial charge in [0.1, 0.15) is 11.6 Å². The number of aromatic nitrogens is 2. The zero-order chi connectivity index (χ0) is 18.0. The molecular weight excluding hydrogens is 324 g/mol. The summed E-state index contributed by atoms with van der Waals surface area (Å²) in [4.78, 5) is 8.79. The van der Waals surface area contributed by atoms with Crippen molar-refractivity contribution in [1.29, 1.82) is 0 Å². The Kier molecular flexibility index (Phi) is 6.42. The number of rotatable bonds is 9. The number of hydrogen-bond acceptors (Lipinski definition) is 5. The largest absolute Gasteiger partial charge is 0.497 e. The second kappa shape index (κ2) is 9.42. The van der Waals surface area contributed by atoms with E-state index in [0.29, 0.717) is 12.5 Å². The van der Waals surface area contributed by atoms with Crippen LogP contribution in [-0.4, -0.2) is 23.6 Å². The van der Waals surface area contributed by atoms with E-state index in [1.165, 1.54) is 5.56 Å². The van der Waals surface area contributed by atoms with Crippen LogP contribution in [0.15, 0.2) is 66.9 Å². The lowest BCUT2D eigenvalue weighted by atomic mass is 10.1. The second-order valence-corrected chi connectivity index (χ2v) is 5.98. The molecule has 0 bridgehead atoms. The normalized spacial score (nSPS) is 10.3. The van der Waals surface area contributed by atoms with Crippen molar-refractivity contribution >= 4 is 11.8 Å². The highest BCUT2D eigenvalue weighted by Crippen LogP contribution is 2.13. The molecule has 0 amide bonds. The zero-order valence-electron chi connectivity index (χ0n) is 15.0. The lowest BCUT2D eigenvalue weighted by Gasteiger charge is -2.09. The van der Waals surface area contributed by atoms with Crippen molar-refractivity contribution in [3.05, 3.63) is 78.0 Å². The number of nitrogens with one attached hydrogen (secondary N) is 2. The fourth-order valence-corrected chi connectivity index (χ4v) is 2.62. The van der Waals surface area contributed by atoms with Crippen molar-refractivity contribution in [2.45, 2.75) is 19.4 Å². The predicted molar refractivity (Wildman–Crippen MR) is 106 cm³/mol. The van der Waals surface area contributed by atoms with E-state index in [4.69, 9.17) is 4.74 Å². The molecule has 1 heterocycles. The van der Waals surface area contributed by atoms with Gasteiger partial charge in [0, 0.05) is 19.3 Å². The molecule has 0 saturated heterocycles. The van der Waals surface area contributed by atoms with E-state index in [1.54, 1.807) is 13.3 Å². The molecule has 2 N–H and O–H groups in total. The van der Waals surface area contributed by atoms with E-state index in [1.807, 2.05) is 36.4 Å². The Morgan fingerprint density at radius 1 is 0.885 bits per heavy atom. The molecule has 0 aliphatic rings. The van der Waals surface area contributed by atoms with Crippen molar-refractivity contribution in [2.24, 2.45) is 0 Å². The van der Waals surface area contributed by atoms with Crippen LogP contribution in [-0.2, 0) is 13.0 Å². The van der Waals surface area contributed by atoms with Crippen LogP contribution in [0.4, 0.5) is 11.8 Å². The van der Waals surface area contributed by atoms with Crippen LogP contribution in [0.1, 0.15) is 17.5 Å². The summed E-state index contributed by atoms with van der Waals surface area (Å²) in [6.07, 6.45) is 3.88. The third-order valence-electron chi connectivity index (χ3n) is 4.06. The van der Waals surface area contributed by atoms with Crippen molar-refractivity contribution in [2.75, 3.05) is 24.3 Å². The molecule has 1 aromatic heterocycles. The lowest BCUT2D eigenvalue weighted by molar-refractivity contribution is 0.414. The highest BCUT2D eigenvalue weighted by atomic mass is 16.5. The molecule has 5 nitrogen and oxygen atoms in total. The first-order valence-electron chi connectivity index (χ1n) is 8.81. The van der Waals surface area contributed by atoms with Crippen LogP contribution < -0.4 is 15.4 Å². The van der Waals surface area contributed by atoms with Gasteiger partial charge in [0.2, 0.25) is 5.95 Å². The van der Waals surface area contributed by atoms with Crippen molar-refractivity contribution < 1.29 is 4.74 Å². The average molecular weight is 348 g/mol. The Morgan fingerprint density at radius 2 is 1.69 bits per heavy atom. The van der Waals surface area contributed by atoms with E-state index in [0.717, 1.165) is 36.5 Å². The Balaban J connectivity index is 1.45. The molecule has 0 aliphatic carbocycles. The summed E-state index contributed by atoms with van der Waals surface area (Å²) in [5.41, 5.74) is 2.51. The maximum Gasteiger partial charge on any atom is 0.224 e. The van der Waals surface area contributed by atoms with Crippen LogP contribution in [0, 0.1) is 0 Å². The molecule has 3 aromatic rings. The quantitative estimate of drug-likeness (QED) is 0.569. The Bertz CT molecular complexity index is 791. The molecule has 2 aromatic carbocycles. The third-order valence-corrected chi connectivity index (χ3v) is 4.06. The van der Waals surface area contributed by atoms with E-state index in [-0.39, 0.29) is 0 Å². The SMILES string of the molecule is COc1ccc(CNc2nccc(NCCCc3ccccc3)n2)cc1. The van der Waals surface area contributed by atoms with Gasteiger partial charge in [-0.3, -0.25) is 0 Å². The molecule has 0 atom stereocenters. The van der Waals surface area contributed by atoms with Gasteiger partial charge >= 0.3 is 0 Å². The zero-order valence-corrected chi connectivity index (χ0v) is 15.0. The van der Waals surface area contributed by atoms with E-state index < -0.39 is 0 Å². The van der Waals surface area contributed by atoms with Gasteiger partial charge in [-0.15, -0.1) is 0 Å². The number of aryl methyl sites for hydroxylation is 1. The molecule has 5 heteroatoms. The van der Waals surface area contributed by atoms with Crippen LogP contribution in [0.25, 0.3) is 0 Å². The van der Waals surface area contributed by atoms with Crippen LogP contribution in [0.5, 0.6) is 5.75 Å². The molecular formula is C21H24N4O. The molecule has 3 rings (SSSR count). The number of ether oxygens (including phenoxy) is 1. The minimum absolute atomic E-state index is 0.619. The van der Waals surface area contributed by atoms with Gasteiger partial charge in [0.25, 0.3) is 0 Å². The Hall–Kier alpha value is -3.08. The van der Waals surface area contributed by atoms with Gasteiger partial charge in [0.15, 0.2) is 0 Å². The summed E-state index contributed by atoms with van der Waals surface area (Å²) >= 11 is 0. The van der Waals surface area contributed by atoms with Crippen LogP contribution >= 0.6 is 0 Å². The third kappa shape index (κ3) is 5.48. The van der Waals surface area contributed by atoms with Gasteiger partial charge in [0.05, 0.1) is 7.11 Å². The highest BCUT2D eigenvalue weighted by Gasteiger charge is 2.00. The van der Waals surface area contributed by atoms with Crippen LogP contribution in [0.2, 0.25) is 0 Å². The summed E-state index contributed by atoms with van der Waals surface area (Å²) in [5, 5.41) is 6.61. The van der Waals surface area contributed by atoms with Gasteiger partial charge in [-0.05, 0) is 42.2 Å². The second-order valence-electron chi connectivity index (χ2n) is 5.98. The summed E-state index contributed by atoms with van der Waals surface area (Å²) in [7, 11) is 1.67. The van der Waals surface area contributed by atoms with E-state index >= 15 is 0 Å². The smallest absolute Gasteiger partial charge is 0.224 e. The minimum atomic E-state index is 0.619. The molecule has 0 aliphatic heterocycles. The number of methoxy groups -OCH3 is 1. The fourth-order valence-electron chi connectivity index (χ4n) is 2.62. The fraction of sp³-hybridized carbons (Fsp3) is 0.238. The van der Waals surface area contributed by atoms with E-state index in [2.05, 4.69) is 44.9 Å². The average Bonchev–Trinajstić information content (AvgIpc) is 2.71. The molecule has 0 unspecified atom stereocenters. The van der Waals surface area contributed by atoms with Crippen molar-refractivity contribution in [1.82, 2.24) is 9.97 Å². The maximum atomic E-state index is 5.17. The summed E-state index contributed by atoms with van der Waals surface area (Å²) in [5.74, 6) is 2.31. The lowest BCUT2D eigenvalue weighted by Crippen LogP contribution is -2.08. The van der Waals surface area contributed by atoms with Gasteiger partial charge < -0.3 is 15.4 Å². The number of benzene rings is 2. The number of anilines is 2. The molecule has 26 heavy (non-hydrogen) atoms. The molecule has 0 saturated carbocycles. The molecule has 0 radical (unpaired) electrons. The first-order chi connectivity index (χ1) is 12.8. The first kappa shape index (κ1) is 17.7. The molecule has 0 spiro atoms.